The van der Waals surface area contributed by atoms with Gasteiger partial charge in [-0.05, 0) is 92.4 Å². The van der Waals surface area contributed by atoms with E-state index in [1.165, 1.54) is 24.2 Å². The Labute approximate surface area is 461 Å². The third kappa shape index (κ3) is 12.4. The maximum atomic E-state index is 11.4. The maximum Gasteiger partial charge on any atom is 1.00 e. The zero-order valence-electron chi connectivity index (χ0n) is 41.6. The number of piperidine rings is 2. The molecule has 7 heterocycles. The van der Waals surface area contributed by atoms with E-state index in [1.54, 1.807) is 0 Å². The first-order valence-corrected chi connectivity index (χ1v) is 24.7. The van der Waals surface area contributed by atoms with Gasteiger partial charge in [-0.1, -0.05) is 68.1 Å². The van der Waals surface area contributed by atoms with Crippen molar-refractivity contribution < 1.29 is 66.1 Å². The maximum absolute atomic E-state index is 11.4. The number of allylic oxidation sites excluding steroid dienone is 1. The molecular formula is C54H69ClKN11O3. The van der Waals surface area contributed by atoms with Crippen LogP contribution in [0.5, 0.6) is 0 Å². The van der Waals surface area contributed by atoms with Crippen LogP contribution in [0.2, 0.25) is 0 Å². The summed E-state index contributed by atoms with van der Waals surface area (Å²) in [5.74, 6) is 1.21. The van der Waals surface area contributed by atoms with Crippen LogP contribution in [0.3, 0.4) is 0 Å². The molecule has 70 heavy (non-hydrogen) atoms. The molecule has 1 unspecified atom stereocenters. The average Bonchev–Trinajstić information content (AvgIpc) is 3.77. The van der Waals surface area contributed by atoms with Crippen molar-refractivity contribution in [1.29, 1.82) is 0 Å². The Bertz CT molecular complexity index is 2560. The number of carbonyl (C=O) groups excluding carboxylic acids is 2. The fourth-order valence-electron chi connectivity index (χ4n) is 10.6. The van der Waals surface area contributed by atoms with E-state index in [4.69, 9.17) is 21.9 Å². The molecule has 16 heteroatoms. The summed E-state index contributed by atoms with van der Waals surface area (Å²) >= 11 is 6.36. The van der Waals surface area contributed by atoms with Crippen molar-refractivity contribution in [2.24, 2.45) is 11.3 Å². The molecule has 4 fully saturated rings. The first kappa shape index (κ1) is 53.3. The molecule has 2 aromatic heterocycles. The normalized spacial score (nSPS) is 19.0. The Balaban J connectivity index is 0.000000204. The van der Waals surface area contributed by atoms with E-state index in [2.05, 4.69) is 116 Å². The summed E-state index contributed by atoms with van der Waals surface area (Å²) in [6.07, 6.45) is 12.2. The minimum absolute atomic E-state index is 0. The average molecular weight is 995 g/mol. The van der Waals surface area contributed by atoms with Gasteiger partial charge >= 0.3 is 51.4 Å². The number of aldehydes is 2. The van der Waals surface area contributed by atoms with Gasteiger partial charge in [0, 0.05) is 131 Å². The number of likely N-dealkylation sites (N-methyl/N-ethyl adjacent to an activating group) is 1. The van der Waals surface area contributed by atoms with Gasteiger partial charge in [0.2, 0.25) is 0 Å². The number of hydrogen-bond acceptors (Lipinski definition) is 12. The number of anilines is 2. The van der Waals surface area contributed by atoms with Crippen LogP contribution >= 0.6 is 11.6 Å². The van der Waals surface area contributed by atoms with E-state index in [1.807, 2.05) is 37.7 Å². The fourth-order valence-corrected chi connectivity index (χ4v) is 10.9. The zero-order chi connectivity index (χ0) is 48.7. The predicted octanol–water partition coefficient (Wildman–Crippen LogP) is 4.99. The summed E-state index contributed by atoms with van der Waals surface area (Å²) in [5.41, 5.74) is 10.6. The van der Waals surface area contributed by atoms with Crippen LogP contribution < -0.4 is 77.1 Å². The van der Waals surface area contributed by atoms with Crippen LogP contribution in [0.25, 0.3) is 33.6 Å². The molecule has 366 valence electrons. The van der Waals surface area contributed by atoms with Crippen LogP contribution in [0.15, 0.2) is 108 Å². The van der Waals surface area contributed by atoms with Crippen molar-refractivity contribution in [3.05, 3.63) is 125 Å². The van der Waals surface area contributed by atoms with Gasteiger partial charge in [-0.2, -0.15) is 5.10 Å². The molecule has 5 aliphatic rings. The number of halogens is 1. The molecule has 14 nitrogen and oxygen atoms in total. The second-order valence-electron chi connectivity index (χ2n) is 19.8. The van der Waals surface area contributed by atoms with Crippen LogP contribution in [0, 0.1) is 11.3 Å². The van der Waals surface area contributed by atoms with Gasteiger partial charge in [0.05, 0.1) is 21.8 Å². The quantitative estimate of drug-likeness (QED) is 0.0674. The number of hydrogen-bond donors (Lipinski definition) is 5. The van der Waals surface area contributed by atoms with E-state index in [-0.39, 0.29) is 63.3 Å². The number of nitrogens with one attached hydrogen (secondary N) is 4. The number of dihydropyridines is 1. The van der Waals surface area contributed by atoms with Gasteiger partial charge < -0.3 is 55.6 Å². The number of aliphatic hydroxyl groups is 1. The first-order chi connectivity index (χ1) is 33.3. The standard InChI is InChI=1S/C29H41N4O3.C25H28ClN7.K/c1-5-25-27(31-26(9-7-19-34)23(3)30-4)8-6-10-28(25)33-17-13-29(36,14-18-33)20-22(2)32-15-11-24(21-35)12-16-32;1-16-8-27-11-20(26)23(16)29-9-17-3-5-21-19(7-17)24(31-30-21)18-4-6-22(28-10-18)33-14-25(15-33)12-32(2)13-25;/h5-6,8,10,19,21,24,26,30,36H,1-3,7,9,11-18,20H2,4H3;3-7,10-11,27,29H,8-9,12-15H2,1-2H3,(H,30,31);/q-1;;+1. The Hall–Kier alpha value is -4.45. The van der Waals surface area contributed by atoms with Gasteiger partial charge in [0.15, 0.2) is 0 Å². The second kappa shape index (κ2) is 23.8. The summed E-state index contributed by atoms with van der Waals surface area (Å²) < 4.78 is 0. The SMILES string of the molecule is C=Cc1c([N-]C(CCC=O)C(=C)NC)cccc1N1CCC(O)(CC(=C)N2CCC(C=O)CC2)CC1.CC1=C(NCc2ccc3[nH]nc(-c4ccc(N5CC6(CN(C)C6)C5)nc4)c3c2)C(Cl)=CNC1.[K+]. The van der Waals surface area contributed by atoms with E-state index in [9.17, 15) is 14.7 Å². The number of aromatic nitrogens is 3. The number of pyridine rings is 1. The molecular weight excluding hydrogens is 925 g/mol. The topological polar surface area (TPSA) is 159 Å². The van der Waals surface area contributed by atoms with Gasteiger partial charge in [-0.25, -0.2) is 4.98 Å². The summed E-state index contributed by atoms with van der Waals surface area (Å²) in [6, 6.07) is 16.5. The van der Waals surface area contributed by atoms with E-state index in [0.717, 1.165) is 133 Å². The molecule has 0 saturated carbocycles. The molecule has 5 N–H and O–H groups in total. The molecule has 9 rings (SSSR count). The largest absolute Gasteiger partial charge is 1.00 e. The fraction of sp³-hybridized carbons (Fsp3) is 0.444. The Kier molecular flexibility index (Phi) is 18.2. The van der Waals surface area contributed by atoms with E-state index >= 15 is 0 Å². The smallest absolute Gasteiger partial charge is 0.676 e. The number of carbonyl (C=O) groups is 2. The monoisotopic (exact) mass is 993 g/mol. The number of nitrogens with zero attached hydrogens (tertiary/aromatic N) is 7. The number of benzene rings is 2. The number of fused-ring (bicyclic) bond motifs is 1. The minimum atomic E-state index is -0.782. The number of H-pyrrole nitrogens is 1. The van der Waals surface area contributed by atoms with Crippen LogP contribution in [0.1, 0.15) is 63.0 Å². The van der Waals surface area contributed by atoms with Crippen molar-refractivity contribution in [3.8, 4) is 11.3 Å². The third-order valence-corrected chi connectivity index (χ3v) is 14.9. The number of aromatic amines is 1. The van der Waals surface area contributed by atoms with Gasteiger partial charge in [-0.15, -0.1) is 5.69 Å². The molecule has 0 aliphatic carbocycles. The molecule has 5 aliphatic heterocycles. The van der Waals surface area contributed by atoms with Crippen LogP contribution in [-0.2, 0) is 16.1 Å². The van der Waals surface area contributed by atoms with E-state index < -0.39 is 5.60 Å². The van der Waals surface area contributed by atoms with Crippen molar-refractivity contribution in [2.45, 2.75) is 70.1 Å². The molecule has 4 aromatic rings. The summed E-state index contributed by atoms with van der Waals surface area (Å²) in [5, 5.41) is 35.6. The van der Waals surface area contributed by atoms with Gasteiger partial charge in [0.1, 0.15) is 24.1 Å². The molecule has 0 amide bonds. The predicted molar refractivity (Wildman–Crippen MR) is 280 cm³/mol. The van der Waals surface area contributed by atoms with Crippen LogP contribution in [-0.4, -0.2) is 127 Å². The third-order valence-electron chi connectivity index (χ3n) is 14.6. The Morgan fingerprint density at radius 2 is 1.80 bits per heavy atom. The molecule has 1 atom stereocenters. The number of likely N-dealkylation sites (tertiary alicyclic amines) is 2. The molecule has 0 radical (unpaired) electrons. The van der Waals surface area contributed by atoms with Crippen molar-refractivity contribution >= 4 is 58.3 Å². The molecule has 4 saturated heterocycles. The van der Waals surface area contributed by atoms with Crippen LogP contribution in [0.4, 0.5) is 17.2 Å². The molecule has 2 aromatic carbocycles. The van der Waals surface area contributed by atoms with Crippen molar-refractivity contribution in [3.63, 3.8) is 0 Å². The molecule has 0 bridgehead atoms. The number of rotatable bonds is 18. The zero-order valence-corrected chi connectivity index (χ0v) is 45.5. The van der Waals surface area contributed by atoms with Gasteiger partial charge in [-0.3, -0.25) is 5.10 Å². The minimum Gasteiger partial charge on any atom is -0.676 e. The summed E-state index contributed by atoms with van der Waals surface area (Å²) in [4.78, 5) is 36.0. The Morgan fingerprint density at radius 1 is 1.04 bits per heavy atom. The van der Waals surface area contributed by atoms with E-state index in [0.29, 0.717) is 49.1 Å². The van der Waals surface area contributed by atoms with Crippen molar-refractivity contribution in [2.75, 3.05) is 82.8 Å². The first-order valence-electron chi connectivity index (χ1n) is 24.4. The summed E-state index contributed by atoms with van der Waals surface area (Å²) in [6.45, 7) is 23.7. The molecule has 1 spiro atoms. The Morgan fingerprint density at radius 3 is 2.44 bits per heavy atom. The van der Waals surface area contributed by atoms with Gasteiger partial charge in [0.25, 0.3) is 0 Å². The second-order valence-corrected chi connectivity index (χ2v) is 20.2. The summed E-state index contributed by atoms with van der Waals surface area (Å²) in [7, 11) is 4.00. The van der Waals surface area contributed by atoms with Crippen molar-refractivity contribution in [1.82, 2.24) is 40.9 Å².